The molecule has 1 aliphatic rings. The lowest BCUT2D eigenvalue weighted by atomic mass is 9.90. The van der Waals surface area contributed by atoms with Gasteiger partial charge in [-0.25, -0.2) is 0 Å². The van der Waals surface area contributed by atoms with E-state index in [2.05, 4.69) is 71.6 Å². The molecule has 1 aromatic carbocycles. The molecule has 1 heteroatoms. The lowest BCUT2D eigenvalue weighted by molar-refractivity contribution is 0.666. The van der Waals surface area contributed by atoms with Crippen molar-refractivity contribution < 1.29 is 0 Å². The topological polar surface area (TPSA) is 0 Å². The van der Waals surface area contributed by atoms with Crippen LogP contribution in [0.15, 0.2) is 35.1 Å². The van der Waals surface area contributed by atoms with E-state index in [0.717, 1.165) is 0 Å². The fourth-order valence-corrected chi connectivity index (χ4v) is 4.47. The number of hydrogen-bond donors (Lipinski definition) is 0. The molecule has 0 heterocycles. The zero-order valence-electron chi connectivity index (χ0n) is 14.8. The third-order valence-electron chi connectivity index (χ3n) is 4.93. The molecule has 0 amide bonds. The molecule has 114 valence electrons. The first-order valence-corrected chi connectivity index (χ1v) is 11.7. The highest BCUT2D eigenvalue weighted by Gasteiger charge is 2.23. The van der Waals surface area contributed by atoms with E-state index in [1.165, 1.54) is 35.1 Å². The fourth-order valence-electron chi connectivity index (χ4n) is 3.14. The maximum absolute atomic E-state index is 2.50. The zero-order chi connectivity index (χ0) is 15.8. The summed E-state index contributed by atoms with van der Waals surface area (Å²) in [6.45, 7) is 16.4. The SMILES string of the molecule is Cc1cc(CC(C)C2=CC([Si](C)(C)C)=CC2)cc(C)c1C. The average Bonchev–Trinajstić information content (AvgIpc) is 2.85. The van der Waals surface area contributed by atoms with Crippen LogP contribution in [0.25, 0.3) is 0 Å². The molecule has 1 aliphatic carbocycles. The van der Waals surface area contributed by atoms with Crippen molar-refractivity contribution in [2.24, 2.45) is 5.92 Å². The lowest BCUT2D eigenvalue weighted by Crippen LogP contribution is -2.21. The summed E-state index contributed by atoms with van der Waals surface area (Å²) in [7, 11) is -1.14. The van der Waals surface area contributed by atoms with Crippen LogP contribution in [-0.4, -0.2) is 8.07 Å². The Morgan fingerprint density at radius 1 is 1.05 bits per heavy atom. The van der Waals surface area contributed by atoms with Crippen molar-refractivity contribution in [3.8, 4) is 0 Å². The van der Waals surface area contributed by atoms with E-state index in [-0.39, 0.29) is 0 Å². The Labute approximate surface area is 132 Å². The second-order valence-electron chi connectivity index (χ2n) is 7.79. The molecule has 0 saturated carbocycles. The molecule has 0 saturated heterocycles. The molecule has 2 rings (SSSR count). The Kier molecular flexibility index (Phi) is 4.62. The van der Waals surface area contributed by atoms with Gasteiger partial charge in [0.25, 0.3) is 0 Å². The van der Waals surface area contributed by atoms with Crippen LogP contribution >= 0.6 is 0 Å². The normalized spacial score (nSPS) is 16.7. The van der Waals surface area contributed by atoms with Gasteiger partial charge in [-0.1, -0.05) is 61.6 Å². The molecule has 0 aliphatic heterocycles. The summed E-state index contributed by atoms with van der Waals surface area (Å²) < 4.78 is 0. The van der Waals surface area contributed by atoms with Gasteiger partial charge in [0.1, 0.15) is 0 Å². The number of hydrogen-bond acceptors (Lipinski definition) is 0. The molecule has 0 aromatic heterocycles. The molecule has 1 aromatic rings. The van der Waals surface area contributed by atoms with Gasteiger partial charge in [-0.05, 0) is 61.8 Å². The maximum Gasteiger partial charge on any atom is 0.0771 e. The van der Waals surface area contributed by atoms with Crippen LogP contribution in [0.3, 0.4) is 0 Å². The summed E-state index contributed by atoms with van der Waals surface area (Å²) in [5.74, 6) is 0.650. The van der Waals surface area contributed by atoms with Crippen molar-refractivity contribution in [1.82, 2.24) is 0 Å². The lowest BCUT2D eigenvalue weighted by Gasteiger charge is -2.17. The molecule has 21 heavy (non-hydrogen) atoms. The van der Waals surface area contributed by atoms with E-state index in [1.54, 1.807) is 10.8 Å². The van der Waals surface area contributed by atoms with E-state index < -0.39 is 8.07 Å². The Hall–Kier alpha value is -1.08. The van der Waals surface area contributed by atoms with Crippen LogP contribution in [0.2, 0.25) is 19.6 Å². The molecule has 0 fully saturated rings. The minimum atomic E-state index is -1.14. The van der Waals surface area contributed by atoms with Crippen molar-refractivity contribution in [3.63, 3.8) is 0 Å². The first-order valence-electron chi connectivity index (χ1n) is 8.16. The van der Waals surface area contributed by atoms with Gasteiger partial charge in [0.15, 0.2) is 0 Å². The standard InChI is InChI=1S/C20H30Si/c1-14-10-18(11-15(2)17(14)4)12-16(3)19-8-9-20(13-19)21(5,6)7/h9-11,13,16H,8,12H2,1-7H3. The van der Waals surface area contributed by atoms with Crippen LogP contribution in [-0.2, 0) is 6.42 Å². The van der Waals surface area contributed by atoms with Crippen molar-refractivity contribution in [3.05, 3.63) is 57.3 Å². The minimum Gasteiger partial charge on any atom is -0.0812 e. The second kappa shape index (κ2) is 5.96. The Balaban J connectivity index is 2.12. The molecular formula is C20H30Si. The third-order valence-corrected chi connectivity index (χ3v) is 7.01. The Morgan fingerprint density at radius 2 is 1.62 bits per heavy atom. The summed E-state index contributed by atoms with van der Waals surface area (Å²) in [5, 5.41) is 1.64. The van der Waals surface area contributed by atoms with E-state index in [9.17, 15) is 0 Å². The Bertz CT molecular complexity index is 574. The molecule has 0 N–H and O–H groups in total. The van der Waals surface area contributed by atoms with Crippen molar-refractivity contribution in [2.75, 3.05) is 0 Å². The zero-order valence-corrected chi connectivity index (χ0v) is 15.8. The molecule has 0 spiro atoms. The molecular weight excluding hydrogens is 268 g/mol. The predicted molar refractivity (Wildman–Crippen MR) is 97.7 cm³/mol. The highest BCUT2D eigenvalue weighted by molar-refractivity contribution is 6.83. The third kappa shape index (κ3) is 3.77. The van der Waals surface area contributed by atoms with Crippen molar-refractivity contribution >= 4 is 8.07 Å². The van der Waals surface area contributed by atoms with E-state index in [1.807, 2.05) is 0 Å². The van der Waals surface area contributed by atoms with E-state index >= 15 is 0 Å². The predicted octanol–water partition coefficient (Wildman–Crippen LogP) is 5.92. The summed E-state index contributed by atoms with van der Waals surface area (Å²) in [6.07, 6.45) is 7.32. The van der Waals surface area contributed by atoms with Crippen molar-refractivity contribution in [1.29, 1.82) is 0 Å². The molecule has 0 bridgehead atoms. The summed E-state index contributed by atoms with van der Waals surface area (Å²) in [4.78, 5) is 0. The second-order valence-corrected chi connectivity index (χ2v) is 12.9. The Morgan fingerprint density at radius 3 is 2.10 bits per heavy atom. The number of allylic oxidation sites excluding steroid dienone is 4. The first-order chi connectivity index (χ1) is 9.68. The summed E-state index contributed by atoms with van der Waals surface area (Å²) in [6, 6.07) is 4.75. The van der Waals surface area contributed by atoms with Gasteiger partial charge in [0, 0.05) is 0 Å². The summed E-state index contributed by atoms with van der Waals surface area (Å²) >= 11 is 0. The van der Waals surface area contributed by atoms with E-state index in [0.29, 0.717) is 5.92 Å². The van der Waals surface area contributed by atoms with E-state index in [4.69, 9.17) is 0 Å². The highest BCUT2D eigenvalue weighted by atomic mass is 28.3. The van der Waals surface area contributed by atoms with Crippen LogP contribution in [0, 0.1) is 26.7 Å². The molecule has 0 radical (unpaired) electrons. The van der Waals surface area contributed by atoms with Gasteiger partial charge in [0.05, 0.1) is 8.07 Å². The largest absolute Gasteiger partial charge is 0.0812 e. The first kappa shape index (κ1) is 16.3. The average molecular weight is 299 g/mol. The van der Waals surface area contributed by atoms with Gasteiger partial charge in [-0.3, -0.25) is 0 Å². The number of rotatable bonds is 4. The fraction of sp³-hybridized carbons (Fsp3) is 0.500. The van der Waals surface area contributed by atoms with Gasteiger partial charge in [-0.15, -0.1) is 0 Å². The molecule has 1 atom stereocenters. The monoisotopic (exact) mass is 298 g/mol. The van der Waals surface area contributed by atoms with Crippen LogP contribution in [0.1, 0.15) is 35.6 Å². The smallest absolute Gasteiger partial charge is 0.0771 e. The summed E-state index contributed by atoms with van der Waals surface area (Å²) in [5.41, 5.74) is 7.42. The van der Waals surface area contributed by atoms with Gasteiger partial charge < -0.3 is 0 Å². The van der Waals surface area contributed by atoms with Crippen LogP contribution < -0.4 is 0 Å². The highest BCUT2D eigenvalue weighted by Crippen LogP contribution is 2.31. The quantitative estimate of drug-likeness (QED) is 0.605. The number of benzene rings is 1. The van der Waals surface area contributed by atoms with Gasteiger partial charge >= 0.3 is 0 Å². The van der Waals surface area contributed by atoms with Crippen LogP contribution in [0.4, 0.5) is 0 Å². The minimum absolute atomic E-state index is 0.650. The van der Waals surface area contributed by atoms with Gasteiger partial charge in [0.2, 0.25) is 0 Å². The molecule has 1 unspecified atom stereocenters. The number of aryl methyl sites for hydroxylation is 2. The maximum atomic E-state index is 2.50. The van der Waals surface area contributed by atoms with Gasteiger partial charge in [-0.2, -0.15) is 0 Å². The van der Waals surface area contributed by atoms with Crippen LogP contribution in [0.5, 0.6) is 0 Å². The molecule has 0 nitrogen and oxygen atoms in total. The van der Waals surface area contributed by atoms with Crippen molar-refractivity contribution in [2.45, 2.75) is 60.2 Å².